The van der Waals surface area contributed by atoms with Crippen molar-refractivity contribution in [3.63, 3.8) is 0 Å². The van der Waals surface area contributed by atoms with E-state index < -0.39 is 0 Å². The first kappa shape index (κ1) is 7.86. The van der Waals surface area contributed by atoms with Crippen LogP contribution in [0.15, 0.2) is 28.7 Å². The molecule has 13 heavy (non-hydrogen) atoms. The summed E-state index contributed by atoms with van der Waals surface area (Å²) < 4.78 is 10.3. The van der Waals surface area contributed by atoms with Crippen LogP contribution in [0.1, 0.15) is 10.6 Å². The average molecular weight is 176 g/mol. The summed E-state index contributed by atoms with van der Waals surface area (Å²) in [5.74, 6) is 0.745. The standard InChI is InChI=1S/C10H8O3/c1-12-10-7-4-2-3-5-8(7)13-9(10)6-11/h2-6H,1H3. The topological polar surface area (TPSA) is 39.4 Å². The van der Waals surface area contributed by atoms with Gasteiger partial charge in [0.1, 0.15) is 5.58 Å². The van der Waals surface area contributed by atoms with E-state index in [1.54, 1.807) is 6.07 Å². The molecule has 0 aliphatic carbocycles. The highest BCUT2D eigenvalue weighted by Gasteiger charge is 2.12. The number of benzene rings is 1. The molecule has 0 bridgehead atoms. The third-order valence-corrected chi connectivity index (χ3v) is 1.89. The normalized spacial score (nSPS) is 10.2. The number of furan rings is 1. The van der Waals surface area contributed by atoms with Crippen molar-refractivity contribution in [1.82, 2.24) is 0 Å². The Morgan fingerprint density at radius 2 is 2.15 bits per heavy atom. The van der Waals surface area contributed by atoms with Gasteiger partial charge >= 0.3 is 0 Å². The summed E-state index contributed by atoms with van der Waals surface area (Å²) in [7, 11) is 1.52. The molecule has 2 rings (SSSR count). The molecule has 0 N–H and O–H groups in total. The highest BCUT2D eigenvalue weighted by molar-refractivity contribution is 5.92. The van der Waals surface area contributed by atoms with Crippen LogP contribution in [-0.2, 0) is 0 Å². The third kappa shape index (κ3) is 1.09. The fraction of sp³-hybridized carbons (Fsp3) is 0.100. The zero-order valence-electron chi connectivity index (χ0n) is 7.11. The second-order valence-electron chi connectivity index (χ2n) is 2.61. The quantitative estimate of drug-likeness (QED) is 0.659. The first-order chi connectivity index (χ1) is 6.36. The lowest BCUT2D eigenvalue weighted by Gasteiger charge is -1.94. The van der Waals surface area contributed by atoms with Crippen LogP contribution in [0.5, 0.6) is 5.75 Å². The summed E-state index contributed by atoms with van der Waals surface area (Å²) in [6, 6.07) is 7.37. The van der Waals surface area contributed by atoms with Gasteiger partial charge in [0.2, 0.25) is 5.76 Å². The maximum absolute atomic E-state index is 10.6. The van der Waals surface area contributed by atoms with Crippen molar-refractivity contribution in [2.75, 3.05) is 7.11 Å². The first-order valence-electron chi connectivity index (χ1n) is 3.87. The number of carbonyl (C=O) groups is 1. The van der Waals surface area contributed by atoms with Crippen LogP contribution >= 0.6 is 0 Å². The molecule has 1 heterocycles. The van der Waals surface area contributed by atoms with Gasteiger partial charge in [0.15, 0.2) is 12.0 Å². The lowest BCUT2D eigenvalue weighted by molar-refractivity contribution is 0.109. The predicted octanol–water partition coefficient (Wildman–Crippen LogP) is 2.25. The lowest BCUT2D eigenvalue weighted by Crippen LogP contribution is -1.84. The second kappa shape index (κ2) is 2.94. The Bertz CT molecular complexity index is 442. The summed E-state index contributed by atoms with van der Waals surface area (Å²) >= 11 is 0. The number of aldehydes is 1. The fourth-order valence-electron chi connectivity index (χ4n) is 1.33. The van der Waals surface area contributed by atoms with Gasteiger partial charge in [-0.3, -0.25) is 4.79 Å². The van der Waals surface area contributed by atoms with Crippen molar-refractivity contribution >= 4 is 17.3 Å². The number of hydrogen-bond donors (Lipinski definition) is 0. The predicted molar refractivity (Wildman–Crippen MR) is 48.2 cm³/mol. The summed E-state index contributed by atoms with van der Waals surface area (Å²) in [5, 5.41) is 0.826. The Morgan fingerprint density at radius 1 is 1.38 bits per heavy atom. The number of fused-ring (bicyclic) bond motifs is 1. The van der Waals surface area contributed by atoms with Gasteiger partial charge in [-0.2, -0.15) is 0 Å². The smallest absolute Gasteiger partial charge is 0.209 e. The Balaban J connectivity index is 2.81. The maximum Gasteiger partial charge on any atom is 0.209 e. The van der Waals surface area contributed by atoms with E-state index in [-0.39, 0.29) is 5.76 Å². The van der Waals surface area contributed by atoms with Gasteiger partial charge in [-0.05, 0) is 12.1 Å². The van der Waals surface area contributed by atoms with Crippen molar-refractivity contribution in [2.24, 2.45) is 0 Å². The minimum absolute atomic E-state index is 0.240. The lowest BCUT2D eigenvalue weighted by atomic mass is 10.2. The van der Waals surface area contributed by atoms with E-state index in [2.05, 4.69) is 0 Å². The molecule has 0 fully saturated rings. The van der Waals surface area contributed by atoms with E-state index in [1.165, 1.54) is 7.11 Å². The zero-order chi connectivity index (χ0) is 9.26. The number of hydrogen-bond acceptors (Lipinski definition) is 3. The third-order valence-electron chi connectivity index (χ3n) is 1.89. The summed E-state index contributed by atoms with van der Waals surface area (Å²) in [6.07, 6.45) is 0.652. The van der Waals surface area contributed by atoms with Gasteiger partial charge < -0.3 is 9.15 Å². The highest BCUT2D eigenvalue weighted by Crippen LogP contribution is 2.31. The van der Waals surface area contributed by atoms with Gasteiger partial charge in [0.25, 0.3) is 0 Å². The van der Waals surface area contributed by atoms with Crippen LogP contribution in [0.4, 0.5) is 0 Å². The molecule has 0 radical (unpaired) electrons. The summed E-state index contributed by atoms with van der Waals surface area (Å²) in [5.41, 5.74) is 0.668. The van der Waals surface area contributed by atoms with Crippen LogP contribution in [0.25, 0.3) is 11.0 Å². The molecule has 0 spiro atoms. The number of para-hydroxylation sites is 1. The number of methoxy groups -OCH3 is 1. The summed E-state index contributed by atoms with van der Waals surface area (Å²) in [6.45, 7) is 0. The van der Waals surface area contributed by atoms with Crippen LogP contribution < -0.4 is 4.74 Å². The molecule has 2 aromatic rings. The Morgan fingerprint density at radius 3 is 2.85 bits per heavy atom. The molecular weight excluding hydrogens is 168 g/mol. The highest BCUT2D eigenvalue weighted by atomic mass is 16.5. The minimum atomic E-state index is 0.240. The Kier molecular flexibility index (Phi) is 1.77. The minimum Gasteiger partial charge on any atom is -0.492 e. The van der Waals surface area contributed by atoms with Crippen LogP contribution in [0.3, 0.4) is 0 Å². The van der Waals surface area contributed by atoms with Gasteiger partial charge in [0, 0.05) is 0 Å². The molecule has 0 unspecified atom stereocenters. The molecule has 66 valence electrons. The van der Waals surface area contributed by atoms with Crippen LogP contribution in [-0.4, -0.2) is 13.4 Å². The fourth-order valence-corrected chi connectivity index (χ4v) is 1.33. The Labute approximate surface area is 74.9 Å². The van der Waals surface area contributed by atoms with Crippen molar-refractivity contribution < 1.29 is 13.9 Å². The SMILES string of the molecule is COc1c(C=O)oc2ccccc12. The van der Waals surface area contributed by atoms with E-state index in [1.807, 2.05) is 18.2 Å². The molecule has 1 aromatic heterocycles. The summed E-state index contributed by atoms with van der Waals surface area (Å²) in [4.78, 5) is 10.6. The second-order valence-corrected chi connectivity index (χ2v) is 2.61. The van der Waals surface area contributed by atoms with Gasteiger partial charge in [0.05, 0.1) is 12.5 Å². The van der Waals surface area contributed by atoms with Crippen molar-refractivity contribution in [2.45, 2.75) is 0 Å². The maximum atomic E-state index is 10.6. The molecule has 1 aromatic carbocycles. The van der Waals surface area contributed by atoms with Crippen LogP contribution in [0.2, 0.25) is 0 Å². The molecule has 3 heteroatoms. The molecule has 0 aliphatic rings. The molecular formula is C10H8O3. The van der Waals surface area contributed by atoms with Crippen LogP contribution in [0, 0.1) is 0 Å². The molecule has 0 aliphatic heterocycles. The average Bonchev–Trinajstić information content (AvgIpc) is 2.55. The molecule has 0 saturated heterocycles. The van der Waals surface area contributed by atoms with Gasteiger partial charge in [-0.1, -0.05) is 12.1 Å². The Hall–Kier alpha value is -1.77. The van der Waals surface area contributed by atoms with E-state index in [9.17, 15) is 4.79 Å². The molecule has 0 amide bonds. The molecule has 0 atom stereocenters. The molecule has 3 nitrogen and oxygen atoms in total. The number of ether oxygens (including phenoxy) is 1. The van der Waals surface area contributed by atoms with E-state index in [0.717, 1.165) is 5.39 Å². The zero-order valence-corrected chi connectivity index (χ0v) is 7.11. The van der Waals surface area contributed by atoms with Crippen molar-refractivity contribution in [3.05, 3.63) is 30.0 Å². The van der Waals surface area contributed by atoms with E-state index in [4.69, 9.17) is 9.15 Å². The number of carbonyl (C=O) groups excluding carboxylic acids is 1. The molecule has 0 saturated carbocycles. The van der Waals surface area contributed by atoms with E-state index in [0.29, 0.717) is 17.6 Å². The largest absolute Gasteiger partial charge is 0.492 e. The first-order valence-corrected chi connectivity index (χ1v) is 3.87. The number of rotatable bonds is 2. The van der Waals surface area contributed by atoms with Gasteiger partial charge in [-0.15, -0.1) is 0 Å². The van der Waals surface area contributed by atoms with E-state index >= 15 is 0 Å². The van der Waals surface area contributed by atoms with Crippen molar-refractivity contribution in [1.29, 1.82) is 0 Å². The monoisotopic (exact) mass is 176 g/mol. The van der Waals surface area contributed by atoms with Gasteiger partial charge in [-0.25, -0.2) is 0 Å². The van der Waals surface area contributed by atoms with Crippen molar-refractivity contribution in [3.8, 4) is 5.75 Å².